The predicted octanol–water partition coefficient (Wildman–Crippen LogP) is 2.80. The average molecular weight is 436 g/mol. The van der Waals surface area contributed by atoms with Crippen molar-refractivity contribution in [3.63, 3.8) is 0 Å². The van der Waals surface area contributed by atoms with Gasteiger partial charge in [0.15, 0.2) is 5.96 Å². The van der Waals surface area contributed by atoms with Gasteiger partial charge < -0.3 is 19.9 Å². The van der Waals surface area contributed by atoms with Gasteiger partial charge in [-0.3, -0.25) is 9.89 Å². The van der Waals surface area contributed by atoms with Crippen LogP contribution in [-0.2, 0) is 24.4 Å². The molecule has 6 heteroatoms. The zero-order valence-electron chi connectivity index (χ0n) is 19.7. The summed E-state index contributed by atoms with van der Waals surface area (Å²) in [7, 11) is 4.03. The highest BCUT2D eigenvalue weighted by molar-refractivity contribution is 5.80. The fraction of sp³-hybridized carbons (Fsp3) is 0.500. The molecule has 0 aliphatic carbocycles. The van der Waals surface area contributed by atoms with Crippen LogP contribution in [0.15, 0.2) is 59.6 Å². The van der Waals surface area contributed by atoms with Crippen molar-refractivity contribution in [2.45, 2.75) is 38.7 Å². The molecule has 0 amide bonds. The Morgan fingerprint density at radius 2 is 1.88 bits per heavy atom. The zero-order valence-corrected chi connectivity index (χ0v) is 19.7. The van der Waals surface area contributed by atoms with E-state index in [1.165, 1.54) is 16.7 Å². The fourth-order valence-electron chi connectivity index (χ4n) is 4.72. The van der Waals surface area contributed by atoms with Gasteiger partial charge in [0, 0.05) is 46.3 Å². The molecule has 2 aliphatic heterocycles. The van der Waals surface area contributed by atoms with Crippen molar-refractivity contribution >= 4 is 5.96 Å². The Kier molecular flexibility index (Phi) is 7.79. The molecule has 4 rings (SSSR count). The summed E-state index contributed by atoms with van der Waals surface area (Å²) in [4.78, 5) is 11.8. The lowest BCUT2D eigenvalue weighted by atomic mass is 10.1. The largest absolute Gasteiger partial charge is 0.373 e. The number of nitrogens with one attached hydrogen (secondary N) is 1. The molecule has 0 bridgehead atoms. The molecule has 172 valence electrons. The van der Waals surface area contributed by atoms with E-state index < -0.39 is 0 Å². The topological polar surface area (TPSA) is 43.3 Å². The van der Waals surface area contributed by atoms with Crippen LogP contribution in [-0.4, -0.2) is 79.7 Å². The van der Waals surface area contributed by atoms with E-state index in [1.54, 1.807) is 0 Å². The number of likely N-dealkylation sites (tertiary alicyclic amines) is 1. The van der Waals surface area contributed by atoms with Gasteiger partial charge in [-0.1, -0.05) is 61.5 Å². The molecular weight excluding hydrogens is 398 g/mol. The van der Waals surface area contributed by atoms with Gasteiger partial charge in [0.25, 0.3) is 0 Å². The van der Waals surface area contributed by atoms with Crippen LogP contribution in [0.5, 0.6) is 0 Å². The molecule has 1 N–H and O–H groups in total. The molecule has 2 unspecified atom stereocenters. The van der Waals surface area contributed by atoms with Gasteiger partial charge in [0.2, 0.25) is 0 Å². The first-order valence-electron chi connectivity index (χ1n) is 11.8. The summed E-state index contributed by atoms with van der Waals surface area (Å²) in [6.45, 7) is 9.57. The number of fused-ring (bicyclic) bond motifs is 1. The number of hydrogen-bond donors (Lipinski definition) is 1. The summed E-state index contributed by atoms with van der Waals surface area (Å²) in [5, 5.41) is 3.58. The Bertz CT molecular complexity index is 887. The van der Waals surface area contributed by atoms with E-state index >= 15 is 0 Å². The highest BCUT2D eigenvalue weighted by Gasteiger charge is 2.41. The number of rotatable bonds is 7. The molecule has 32 heavy (non-hydrogen) atoms. The third-order valence-corrected chi connectivity index (χ3v) is 6.59. The molecule has 2 aliphatic rings. The number of nitrogens with zero attached hydrogens (tertiary/aromatic N) is 4. The SMILES string of the molecule is CCN(C)Cc1cccc(CNC(=NC)N2CC3OCCN(Cc4ccccc4)C3C2)c1. The Labute approximate surface area is 192 Å². The standard InChI is InChI=1S/C26H37N5O/c1-4-29(3)17-23-12-8-11-22(15-23)16-28-26(27-2)31-19-24-25(20-31)32-14-13-30(24)18-21-9-6-5-7-10-21/h5-12,15,24-25H,4,13-14,16-20H2,1-3H3,(H,27,28). The van der Waals surface area contributed by atoms with Crippen LogP contribution in [0, 0.1) is 0 Å². The first kappa shape index (κ1) is 22.8. The van der Waals surface area contributed by atoms with Crippen LogP contribution < -0.4 is 5.32 Å². The lowest BCUT2D eigenvalue weighted by molar-refractivity contribution is -0.0502. The Morgan fingerprint density at radius 1 is 1.09 bits per heavy atom. The first-order valence-corrected chi connectivity index (χ1v) is 11.8. The number of aliphatic imine (C=N–C) groups is 1. The van der Waals surface area contributed by atoms with E-state index in [2.05, 4.69) is 93.6 Å². The Hall–Kier alpha value is -2.41. The predicted molar refractivity (Wildman–Crippen MR) is 131 cm³/mol. The fourth-order valence-corrected chi connectivity index (χ4v) is 4.72. The highest BCUT2D eigenvalue weighted by Crippen LogP contribution is 2.24. The van der Waals surface area contributed by atoms with Gasteiger partial charge in [-0.25, -0.2) is 0 Å². The maximum Gasteiger partial charge on any atom is 0.194 e. The lowest BCUT2D eigenvalue weighted by Crippen LogP contribution is -2.50. The van der Waals surface area contributed by atoms with Crippen molar-refractivity contribution in [1.82, 2.24) is 20.0 Å². The summed E-state index contributed by atoms with van der Waals surface area (Å²) in [5.41, 5.74) is 4.00. The summed E-state index contributed by atoms with van der Waals surface area (Å²) < 4.78 is 6.15. The van der Waals surface area contributed by atoms with Crippen molar-refractivity contribution in [2.24, 2.45) is 4.99 Å². The van der Waals surface area contributed by atoms with E-state index in [1.807, 2.05) is 7.05 Å². The molecule has 0 spiro atoms. The minimum absolute atomic E-state index is 0.235. The number of hydrogen-bond acceptors (Lipinski definition) is 4. The van der Waals surface area contributed by atoms with Crippen molar-refractivity contribution in [1.29, 1.82) is 0 Å². The minimum atomic E-state index is 0.235. The lowest BCUT2D eigenvalue weighted by Gasteiger charge is -2.36. The molecule has 2 fully saturated rings. The highest BCUT2D eigenvalue weighted by atomic mass is 16.5. The Balaban J connectivity index is 1.35. The van der Waals surface area contributed by atoms with Gasteiger partial charge in [0.1, 0.15) is 0 Å². The number of guanidine groups is 1. The summed E-state index contributed by atoms with van der Waals surface area (Å²) in [5.74, 6) is 0.957. The molecule has 2 heterocycles. The molecule has 2 atom stereocenters. The van der Waals surface area contributed by atoms with Crippen LogP contribution in [0.3, 0.4) is 0 Å². The molecule has 2 aromatic rings. The molecule has 0 saturated carbocycles. The molecule has 2 aromatic carbocycles. The number of morpholine rings is 1. The number of ether oxygens (including phenoxy) is 1. The molecule has 0 aromatic heterocycles. The zero-order chi connectivity index (χ0) is 22.3. The van der Waals surface area contributed by atoms with Crippen molar-refractivity contribution in [3.05, 3.63) is 71.3 Å². The van der Waals surface area contributed by atoms with Gasteiger partial charge in [-0.2, -0.15) is 0 Å². The maximum atomic E-state index is 6.15. The minimum Gasteiger partial charge on any atom is -0.373 e. The molecule has 2 saturated heterocycles. The molecule has 6 nitrogen and oxygen atoms in total. The van der Waals surface area contributed by atoms with Crippen LogP contribution in [0.1, 0.15) is 23.6 Å². The van der Waals surface area contributed by atoms with Gasteiger partial charge in [0.05, 0.1) is 18.8 Å². The van der Waals surface area contributed by atoms with E-state index in [0.29, 0.717) is 6.04 Å². The van der Waals surface area contributed by atoms with Crippen molar-refractivity contribution < 1.29 is 4.74 Å². The molecule has 0 radical (unpaired) electrons. The van der Waals surface area contributed by atoms with Crippen molar-refractivity contribution in [2.75, 3.05) is 46.9 Å². The summed E-state index contributed by atoms with van der Waals surface area (Å²) in [6.07, 6.45) is 0.235. The summed E-state index contributed by atoms with van der Waals surface area (Å²) in [6, 6.07) is 20.0. The van der Waals surface area contributed by atoms with Gasteiger partial charge in [-0.15, -0.1) is 0 Å². The van der Waals surface area contributed by atoms with E-state index in [9.17, 15) is 0 Å². The summed E-state index contributed by atoms with van der Waals surface area (Å²) >= 11 is 0. The quantitative estimate of drug-likeness (QED) is 0.535. The first-order chi connectivity index (χ1) is 15.7. The third kappa shape index (κ3) is 5.68. The van der Waals surface area contributed by atoms with Gasteiger partial charge in [-0.05, 0) is 30.3 Å². The smallest absolute Gasteiger partial charge is 0.194 e. The second-order valence-corrected chi connectivity index (χ2v) is 8.89. The van der Waals surface area contributed by atoms with Crippen LogP contribution in [0.25, 0.3) is 0 Å². The third-order valence-electron chi connectivity index (χ3n) is 6.59. The monoisotopic (exact) mass is 435 g/mol. The van der Waals surface area contributed by atoms with Crippen LogP contribution in [0.2, 0.25) is 0 Å². The van der Waals surface area contributed by atoms with E-state index in [4.69, 9.17) is 4.74 Å². The second kappa shape index (κ2) is 10.9. The molecular formula is C26H37N5O. The number of benzene rings is 2. The normalized spacial score (nSPS) is 21.8. The van der Waals surface area contributed by atoms with Crippen molar-refractivity contribution in [3.8, 4) is 0 Å². The van der Waals surface area contributed by atoms with Crippen LogP contribution >= 0.6 is 0 Å². The average Bonchev–Trinajstić information content (AvgIpc) is 3.25. The Morgan fingerprint density at radius 3 is 2.66 bits per heavy atom. The second-order valence-electron chi connectivity index (χ2n) is 8.89. The van der Waals surface area contributed by atoms with Gasteiger partial charge >= 0.3 is 0 Å². The van der Waals surface area contributed by atoms with Crippen LogP contribution in [0.4, 0.5) is 0 Å². The van der Waals surface area contributed by atoms with E-state index in [0.717, 1.165) is 58.4 Å². The van der Waals surface area contributed by atoms with E-state index in [-0.39, 0.29) is 6.10 Å². The maximum absolute atomic E-state index is 6.15.